The summed E-state index contributed by atoms with van der Waals surface area (Å²) in [5.74, 6) is -1.08. The molecule has 2 fully saturated rings. The molecule has 6 heteroatoms. The molecule has 1 saturated heterocycles. The maximum Gasteiger partial charge on any atom is 0.331 e. The van der Waals surface area contributed by atoms with Gasteiger partial charge < -0.3 is 0 Å². The molecular formula is C15H16N2O3S. The monoisotopic (exact) mass is 304 g/mol. The minimum absolute atomic E-state index is 0.0448. The third kappa shape index (κ3) is 2.63. The number of rotatable bonds is 2. The molecule has 2 aliphatic rings. The Hall–Kier alpha value is -1.95. The summed E-state index contributed by atoms with van der Waals surface area (Å²) in [4.78, 5) is 39.6. The van der Waals surface area contributed by atoms with Gasteiger partial charge in [0.1, 0.15) is 5.57 Å². The van der Waals surface area contributed by atoms with Crippen molar-refractivity contribution in [1.82, 2.24) is 10.2 Å². The molecule has 1 aromatic rings. The van der Waals surface area contributed by atoms with Crippen LogP contribution in [-0.4, -0.2) is 28.8 Å². The molecule has 4 amide bonds. The summed E-state index contributed by atoms with van der Waals surface area (Å²) in [6.07, 6.45) is 5.24. The van der Waals surface area contributed by atoms with Gasteiger partial charge in [-0.2, -0.15) is 0 Å². The summed E-state index contributed by atoms with van der Waals surface area (Å²) in [6.45, 7) is 1.96. The van der Waals surface area contributed by atoms with E-state index in [2.05, 4.69) is 5.32 Å². The Labute approximate surface area is 126 Å². The van der Waals surface area contributed by atoms with Gasteiger partial charge in [-0.05, 0) is 38.0 Å². The first-order chi connectivity index (χ1) is 10.1. The van der Waals surface area contributed by atoms with Crippen molar-refractivity contribution in [3.63, 3.8) is 0 Å². The van der Waals surface area contributed by atoms with Crippen molar-refractivity contribution in [3.05, 3.63) is 27.5 Å². The number of hydrogen-bond acceptors (Lipinski definition) is 4. The number of imide groups is 2. The van der Waals surface area contributed by atoms with Crippen LogP contribution in [0, 0.1) is 6.92 Å². The van der Waals surface area contributed by atoms with E-state index >= 15 is 0 Å². The molecule has 0 radical (unpaired) electrons. The van der Waals surface area contributed by atoms with E-state index in [-0.39, 0.29) is 11.6 Å². The van der Waals surface area contributed by atoms with Gasteiger partial charge in [0.2, 0.25) is 0 Å². The van der Waals surface area contributed by atoms with Gasteiger partial charge in [0.15, 0.2) is 0 Å². The van der Waals surface area contributed by atoms with Crippen LogP contribution in [0.15, 0.2) is 17.7 Å². The number of thiophene rings is 1. The van der Waals surface area contributed by atoms with Crippen LogP contribution in [0.2, 0.25) is 0 Å². The lowest BCUT2D eigenvalue weighted by Gasteiger charge is -2.31. The third-order valence-corrected chi connectivity index (χ3v) is 4.82. The summed E-state index contributed by atoms with van der Waals surface area (Å²) in [7, 11) is 0. The number of aryl methyl sites for hydroxylation is 1. The fourth-order valence-electron chi connectivity index (χ4n) is 2.84. The standard InChI is InChI=1S/C15H16N2O3S/c1-9-6-7-11(21-9)8-12-13(18)16-15(20)17(14(12)19)10-4-2-3-5-10/h6-8,10H,2-5H2,1H3,(H,16,18,20)/b12-8+. The molecule has 110 valence electrons. The van der Waals surface area contributed by atoms with Crippen molar-refractivity contribution in [2.75, 3.05) is 0 Å². The molecule has 1 aromatic heterocycles. The average molecular weight is 304 g/mol. The highest BCUT2D eigenvalue weighted by molar-refractivity contribution is 7.12. The molecule has 1 N–H and O–H groups in total. The Morgan fingerprint density at radius 1 is 1.24 bits per heavy atom. The number of urea groups is 1. The second kappa shape index (κ2) is 5.44. The van der Waals surface area contributed by atoms with Gasteiger partial charge >= 0.3 is 6.03 Å². The van der Waals surface area contributed by atoms with Gasteiger partial charge in [-0.15, -0.1) is 11.3 Å². The van der Waals surface area contributed by atoms with Crippen LogP contribution < -0.4 is 5.32 Å². The highest BCUT2D eigenvalue weighted by Crippen LogP contribution is 2.27. The van der Waals surface area contributed by atoms with Gasteiger partial charge in [-0.1, -0.05) is 12.8 Å². The normalized spacial score (nSPS) is 22.2. The number of amides is 4. The lowest BCUT2D eigenvalue weighted by Crippen LogP contribution is -2.57. The fraction of sp³-hybridized carbons (Fsp3) is 0.400. The van der Waals surface area contributed by atoms with Gasteiger partial charge in [0.05, 0.1) is 0 Å². The number of carbonyl (C=O) groups is 3. The Morgan fingerprint density at radius 2 is 1.95 bits per heavy atom. The van der Waals surface area contributed by atoms with E-state index in [1.54, 1.807) is 6.08 Å². The largest absolute Gasteiger partial charge is 0.331 e. The third-order valence-electron chi connectivity index (χ3n) is 3.87. The lowest BCUT2D eigenvalue weighted by atomic mass is 10.1. The Kier molecular flexibility index (Phi) is 3.63. The molecule has 1 saturated carbocycles. The molecule has 21 heavy (non-hydrogen) atoms. The number of carbonyl (C=O) groups excluding carboxylic acids is 3. The van der Waals surface area contributed by atoms with Gasteiger partial charge in [-0.25, -0.2) is 4.79 Å². The molecule has 0 spiro atoms. The van der Waals surface area contributed by atoms with Gasteiger partial charge in [0.25, 0.3) is 11.8 Å². The minimum atomic E-state index is -0.606. The topological polar surface area (TPSA) is 66.5 Å². The summed E-state index contributed by atoms with van der Waals surface area (Å²) in [6, 6.07) is 3.13. The van der Waals surface area contributed by atoms with E-state index in [4.69, 9.17) is 0 Å². The number of nitrogens with one attached hydrogen (secondary N) is 1. The minimum Gasteiger partial charge on any atom is -0.273 e. The van der Waals surface area contributed by atoms with Gasteiger partial charge in [-0.3, -0.25) is 19.8 Å². The molecule has 5 nitrogen and oxygen atoms in total. The van der Waals surface area contributed by atoms with E-state index < -0.39 is 17.8 Å². The molecule has 0 bridgehead atoms. The van der Waals surface area contributed by atoms with E-state index in [1.807, 2.05) is 19.1 Å². The van der Waals surface area contributed by atoms with E-state index in [0.717, 1.165) is 35.4 Å². The van der Waals surface area contributed by atoms with Crippen LogP contribution in [0.1, 0.15) is 35.4 Å². The molecule has 0 atom stereocenters. The van der Waals surface area contributed by atoms with Crippen LogP contribution in [-0.2, 0) is 9.59 Å². The summed E-state index contributed by atoms with van der Waals surface area (Å²) < 4.78 is 0. The lowest BCUT2D eigenvalue weighted by molar-refractivity contribution is -0.131. The van der Waals surface area contributed by atoms with Crippen LogP contribution >= 0.6 is 11.3 Å². The first-order valence-electron chi connectivity index (χ1n) is 7.03. The molecule has 0 aromatic carbocycles. The van der Waals surface area contributed by atoms with Crippen molar-refractivity contribution in [1.29, 1.82) is 0 Å². The zero-order valence-corrected chi connectivity index (χ0v) is 12.5. The number of hydrogen-bond donors (Lipinski definition) is 1. The van der Waals surface area contributed by atoms with Crippen LogP contribution in [0.3, 0.4) is 0 Å². The van der Waals surface area contributed by atoms with Crippen molar-refractivity contribution in [2.24, 2.45) is 0 Å². The SMILES string of the molecule is Cc1ccc(/C=C2\C(=O)NC(=O)N(C3CCCC3)C2=O)s1. The second-order valence-corrected chi connectivity index (χ2v) is 6.70. The molecule has 1 aliphatic heterocycles. The number of nitrogens with zero attached hydrogens (tertiary/aromatic N) is 1. The zero-order valence-electron chi connectivity index (χ0n) is 11.7. The molecule has 1 aliphatic carbocycles. The highest BCUT2D eigenvalue weighted by Gasteiger charge is 2.40. The predicted molar refractivity (Wildman–Crippen MR) is 79.7 cm³/mol. The predicted octanol–water partition coefficient (Wildman–Crippen LogP) is 2.46. The molecule has 0 unspecified atom stereocenters. The van der Waals surface area contributed by atoms with Crippen LogP contribution in [0.5, 0.6) is 0 Å². The Morgan fingerprint density at radius 3 is 2.57 bits per heavy atom. The fourth-order valence-corrected chi connectivity index (χ4v) is 3.66. The zero-order chi connectivity index (χ0) is 15.0. The first kappa shape index (κ1) is 14.0. The van der Waals surface area contributed by atoms with E-state index in [9.17, 15) is 14.4 Å². The Balaban J connectivity index is 1.92. The smallest absolute Gasteiger partial charge is 0.273 e. The summed E-state index contributed by atoms with van der Waals surface area (Å²) in [5, 5.41) is 2.28. The summed E-state index contributed by atoms with van der Waals surface area (Å²) in [5.41, 5.74) is 0.0448. The highest BCUT2D eigenvalue weighted by atomic mass is 32.1. The quantitative estimate of drug-likeness (QED) is 0.674. The van der Waals surface area contributed by atoms with Crippen LogP contribution in [0.25, 0.3) is 6.08 Å². The maximum atomic E-state index is 12.5. The van der Waals surface area contributed by atoms with Crippen molar-refractivity contribution < 1.29 is 14.4 Å². The maximum absolute atomic E-state index is 12.5. The van der Waals surface area contributed by atoms with Gasteiger partial charge in [0, 0.05) is 15.8 Å². The van der Waals surface area contributed by atoms with Crippen molar-refractivity contribution in [2.45, 2.75) is 38.6 Å². The molecular weight excluding hydrogens is 288 g/mol. The van der Waals surface area contributed by atoms with Crippen molar-refractivity contribution in [3.8, 4) is 0 Å². The van der Waals surface area contributed by atoms with E-state index in [0.29, 0.717) is 0 Å². The number of barbiturate groups is 1. The summed E-state index contributed by atoms with van der Waals surface area (Å²) >= 11 is 1.51. The Bertz CT molecular complexity index is 641. The van der Waals surface area contributed by atoms with Crippen LogP contribution in [0.4, 0.5) is 4.79 Å². The second-order valence-electron chi connectivity index (χ2n) is 5.38. The molecule has 3 rings (SSSR count). The van der Waals surface area contributed by atoms with Crippen molar-refractivity contribution >= 4 is 35.3 Å². The average Bonchev–Trinajstić information content (AvgIpc) is 3.06. The van der Waals surface area contributed by atoms with E-state index in [1.165, 1.54) is 16.2 Å². The molecule has 2 heterocycles. The first-order valence-corrected chi connectivity index (χ1v) is 7.85.